The quantitative estimate of drug-likeness (QED) is 0.837. The third-order valence-corrected chi connectivity index (χ3v) is 4.81. The fourth-order valence-electron chi connectivity index (χ4n) is 3.41. The second-order valence-corrected chi connectivity index (χ2v) is 7.07. The first-order valence-corrected chi connectivity index (χ1v) is 8.74. The number of hydrogen-bond acceptors (Lipinski definition) is 4. The van der Waals surface area contributed by atoms with E-state index in [1.54, 1.807) is 12.3 Å². The van der Waals surface area contributed by atoms with E-state index in [0.29, 0.717) is 6.04 Å². The van der Waals surface area contributed by atoms with Crippen LogP contribution >= 0.6 is 0 Å². The maximum absolute atomic E-state index is 11.8. The van der Waals surface area contributed by atoms with Gasteiger partial charge in [-0.05, 0) is 47.0 Å². The van der Waals surface area contributed by atoms with Crippen molar-refractivity contribution in [3.8, 4) is 5.75 Å². The Balaban J connectivity index is 2.08. The summed E-state index contributed by atoms with van der Waals surface area (Å²) < 4.78 is 2.04. The number of nitrogens with zero attached hydrogens (tertiary/aromatic N) is 3. The Hall–Kier alpha value is -1.33. The molecule has 5 heteroatoms. The third kappa shape index (κ3) is 5.36. The predicted octanol–water partition coefficient (Wildman–Crippen LogP) is 2.27. The van der Waals surface area contributed by atoms with Gasteiger partial charge in [0.05, 0.1) is 6.20 Å². The molecule has 0 unspecified atom stereocenters. The van der Waals surface area contributed by atoms with Gasteiger partial charge in [-0.3, -0.25) is 9.69 Å². The molecule has 1 heterocycles. The Morgan fingerprint density at radius 3 is 2.57 bits per heavy atom. The van der Waals surface area contributed by atoms with Gasteiger partial charge in [-0.25, -0.2) is 0 Å². The van der Waals surface area contributed by atoms with Gasteiger partial charge in [0.2, 0.25) is 5.43 Å². The topological polar surface area (TPSA) is 48.7 Å². The molecule has 5 nitrogen and oxygen atoms in total. The maximum atomic E-state index is 11.8. The van der Waals surface area contributed by atoms with Crippen LogP contribution in [0.5, 0.6) is 5.75 Å². The van der Waals surface area contributed by atoms with Crippen LogP contribution in [0.15, 0.2) is 17.1 Å². The summed E-state index contributed by atoms with van der Waals surface area (Å²) in [5.41, 5.74) is 0.723. The van der Waals surface area contributed by atoms with Crippen LogP contribution in [0.3, 0.4) is 0 Å². The minimum atomic E-state index is -0.277. The van der Waals surface area contributed by atoms with E-state index in [9.17, 15) is 9.90 Å². The molecule has 1 N–H and O–H groups in total. The summed E-state index contributed by atoms with van der Waals surface area (Å²) in [7, 11) is 6.26. The second-order valence-electron chi connectivity index (χ2n) is 7.07. The highest BCUT2D eigenvalue weighted by Gasteiger charge is 2.19. The van der Waals surface area contributed by atoms with Crippen molar-refractivity contribution in [1.29, 1.82) is 0 Å². The number of aromatic hydroxyl groups is 1. The van der Waals surface area contributed by atoms with Crippen LogP contribution in [0.25, 0.3) is 0 Å². The molecule has 0 radical (unpaired) electrons. The van der Waals surface area contributed by atoms with Gasteiger partial charge >= 0.3 is 0 Å². The lowest BCUT2D eigenvalue weighted by Crippen LogP contribution is -2.34. The van der Waals surface area contributed by atoms with Crippen LogP contribution in [-0.4, -0.2) is 53.2 Å². The molecule has 0 atom stereocenters. The Bertz CT molecular complexity index is 548. The van der Waals surface area contributed by atoms with Crippen LogP contribution < -0.4 is 5.43 Å². The van der Waals surface area contributed by atoms with Crippen LogP contribution in [-0.2, 0) is 13.1 Å². The predicted molar refractivity (Wildman–Crippen MR) is 93.9 cm³/mol. The second kappa shape index (κ2) is 8.50. The smallest absolute Gasteiger partial charge is 0.223 e. The van der Waals surface area contributed by atoms with Gasteiger partial charge in [0.25, 0.3) is 0 Å². The number of aromatic nitrogens is 1. The molecule has 0 saturated heterocycles. The average molecular weight is 321 g/mol. The Morgan fingerprint density at radius 1 is 1.22 bits per heavy atom. The molecule has 1 aliphatic rings. The lowest BCUT2D eigenvalue weighted by atomic mass is 9.94. The summed E-state index contributed by atoms with van der Waals surface area (Å²) in [4.78, 5) is 16.4. The Labute approximate surface area is 139 Å². The molecule has 1 fully saturated rings. The molecule has 1 aromatic heterocycles. The Kier molecular flexibility index (Phi) is 6.66. The Morgan fingerprint density at radius 2 is 1.91 bits per heavy atom. The fourth-order valence-corrected chi connectivity index (χ4v) is 3.41. The lowest BCUT2D eigenvalue weighted by molar-refractivity contribution is 0.180. The zero-order valence-corrected chi connectivity index (χ0v) is 14.8. The van der Waals surface area contributed by atoms with E-state index in [1.807, 2.05) is 4.57 Å². The van der Waals surface area contributed by atoms with Crippen LogP contribution in [0.4, 0.5) is 0 Å². The highest BCUT2D eigenvalue weighted by molar-refractivity contribution is 5.20. The van der Waals surface area contributed by atoms with Gasteiger partial charge < -0.3 is 14.6 Å². The van der Waals surface area contributed by atoms with E-state index < -0.39 is 0 Å². The van der Waals surface area contributed by atoms with Gasteiger partial charge in [-0.2, -0.15) is 0 Å². The average Bonchev–Trinajstić information content (AvgIpc) is 2.52. The molecule has 23 heavy (non-hydrogen) atoms. The number of pyridine rings is 1. The SMILES string of the molecule is CN(C)CCCn1cc(O)c(=O)cc1CN(C)C1CCCCC1. The van der Waals surface area contributed by atoms with Gasteiger partial charge in [0.15, 0.2) is 5.75 Å². The molecule has 1 aliphatic carbocycles. The summed E-state index contributed by atoms with van der Waals surface area (Å²) in [5, 5.41) is 9.76. The molecule has 0 amide bonds. The first kappa shape index (κ1) is 18.0. The molecule has 1 saturated carbocycles. The van der Waals surface area contributed by atoms with Crippen molar-refractivity contribution in [2.75, 3.05) is 27.7 Å². The molecule has 0 aliphatic heterocycles. The standard InChI is InChI=1S/C18H31N3O2/c1-19(2)10-7-11-21-14-18(23)17(22)12-16(21)13-20(3)15-8-5-4-6-9-15/h12,14-15,23H,4-11,13H2,1-3H3. The maximum Gasteiger partial charge on any atom is 0.223 e. The van der Waals surface area contributed by atoms with Crippen molar-refractivity contribution in [2.45, 2.75) is 57.7 Å². The summed E-state index contributed by atoms with van der Waals surface area (Å²) >= 11 is 0. The highest BCUT2D eigenvalue weighted by atomic mass is 16.3. The first-order valence-electron chi connectivity index (χ1n) is 8.74. The van der Waals surface area contributed by atoms with Crippen molar-refractivity contribution in [1.82, 2.24) is 14.4 Å². The van der Waals surface area contributed by atoms with E-state index in [0.717, 1.165) is 31.7 Å². The monoisotopic (exact) mass is 321 g/mol. The minimum Gasteiger partial charge on any atom is -0.503 e. The van der Waals surface area contributed by atoms with E-state index in [4.69, 9.17) is 0 Å². The molecule has 0 spiro atoms. The molecule has 130 valence electrons. The van der Waals surface area contributed by atoms with Gasteiger partial charge in [0.1, 0.15) is 0 Å². The zero-order chi connectivity index (χ0) is 16.8. The molecular weight excluding hydrogens is 290 g/mol. The zero-order valence-electron chi connectivity index (χ0n) is 14.8. The molecular formula is C18H31N3O2. The lowest BCUT2D eigenvalue weighted by Gasteiger charge is -2.31. The van der Waals surface area contributed by atoms with Crippen molar-refractivity contribution in [2.24, 2.45) is 0 Å². The molecule has 1 aromatic rings. The summed E-state index contributed by atoms with van der Waals surface area (Å²) in [5.74, 6) is -0.154. The summed E-state index contributed by atoms with van der Waals surface area (Å²) in [6.07, 6.45) is 9.05. The third-order valence-electron chi connectivity index (χ3n) is 4.81. The van der Waals surface area contributed by atoms with E-state index in [-0.39, 0.29) is 11.2 Å². The number of rotatable bonds is 7. The summed E-state index contributed by atoms with van der Waals surface area (Å²) in [6, 6.07) is 2.22. The van der Waals surface area contributed by atoms with E-state index >= 15 is 0 Å². The fraction of sp³-hybridized carbons (Fsp3) is 0.722. The van der Waals surface area contributed by atoms with Crippen LogP contribution in [0.1, 0.15) is 44.2 Å². The van der Waals surface area contributed by atoms with Crippen molar-refractivity contribution in [3.05, 3.63) is 28.2 Å². The molecule has 0 aromatic carbocycles. The highest BCUT2D eigenvalue weighted by Crippen LogP contribution is 2.23. The normalized spacial score (nSPS) is 16.4. The number of aryl methyl sites for hydroxylation is 1. The van der Waals surface area contributed by atoms with E-state index in [2.05, 4.69) is 30.9 Å². The van der Waals surface area contributed by atoms with Gasteiger partial charge in [-0.1, -0.05) is 19.3 Å². The number of hydrogen-bond donors (Lipinski definition) is 1. The van der Waals surface area contributed by atoms with Crippen molar-refractivity contribution in [3.63, 3.8) is 0 Å². The van der Waals surface area contributed by atoms with Crippen LogP contribution in [0, 0.1) is 0 Å². The van der Waals surface area contributed by atoms with Gasteiger partial charge in [0, 0.05) is 30.9 Å². The van der Waals surface area contributed by atoms with Crippen LogP contribution in [0.2, 0.25) is 0 Å². The van der Waals surface area contributed by atoms with Crippen molar-refractivity contribution >= 4 is 0 Å². The molecule has 0 bridgehead atoms. The first-order chi connectivity index (χ1) is 11.0. The summed E-state index contributed by atoms with van der Waals surface area (Å²) in [6.45, 7) is 2.58. The molecule has 2 rings (SSSR count). The van der Waals surface area contributed by atoms with Crippen molar-refractivity contribution < 1.29 is 5.11 Å². The van der Waals surface area contributed by atoms with Gasteiger partial charge in [-0.15, -0.1) is 0 Å². The largest absolute Gasteiger partial charge is 0.503 e. The minimum absolute atomic E-state index is 0.154. The van der Waals surface area contributed by atoms with E-state index in [1.165, 1.54) is 32.1 Å².